The number of nitrogens with zero attached hydrogens (tertiary/aromatic N) is 4. The fourth-order valence-corrected chi connectivity index (χ4v) is 7.85. The topological polar surface area (TPSA) is 52.2 Å². The second-order valence-electron chi connectivity index (χ2n) is 11.7. The Labute approximate surface area is 249 Å². The number of aromatic nitrogens is 4. The quantitative estimate of drug-likeness (QED) is 0.201. The zero-order valence-electron chi connectivity index (χ0n) is 23.2. The average Bonchev–Trinajstić information content (AvgIpc) is 3.71. The smallest absolute Gasteiger partial charge is 0.235 e. The van der Waals surface area contributed by atoms with Gasteiger partial charge in [-0.3, -0.25) is 9.36 Å². The number of carbonyl (C=O) groups excluding carboxylic acids is 1. The summed E-state index contributed by atoms with van der Waals surface area (Å²) in [5.74, 6) is 0.620. The maximum Gasteiger partial charge on any atom is 0.235 e. The van der Waals surface area contributed by atoms with Crippen LogP contribution in [0.15, 0.2) is 121 Å². The number of rotatable bonds is 1. The van der Waals surface area contributed by atoms with Crippen molar-refractivity contribution in [1.29, 1.82) is 0 Å². The van der Waals surface area contributed by atoms with Crippen molar-refractivity contribution in [3.05, 3.63) is 132 Å². The lowest BCUT2D eigenvalue weighted by molar-refractivity contribution is 0.104. The number of hydrogen-bond acceptors (Lipinski definition) is 3. The number of fused-ring (bicyclic) bond motifs is 12. The van der Waals surface area contributed by atoms with Gasteiger partial charge in [0.25, 0.3) is 0 Å². The van der Waals surface area contributed by atoms with Crippen molar-refractivity contribution in [1.82, 2.24) is 18.9 Å². The third-order valence-electron chi connectivity index (χ3n) is 9.59. The van der Waals surface area contributed by atoms with Gasteiger partial charge in [-0.25, -0.2) is 9.97 Å². The van der Waals surface area contributed by atoms with E-state index in [-0.39, 0.29) is 5.78 Å². The second-order valence-corrected chi connectivity index (χ2v) is 11.7. The number of carbonyl (C=O) groups is 1. The first kappa shape index (κ1) is 22.5. The molecule has 1 aliphatic carbocycles. The van der Waals surface area contributed by atoms with E-state index in [1.54, 1.807) is 0 Å². The summed E-state index contributed by atoms with van der Waals surface area (Å²) in [6.07, 6.45) is 0. The molecule has 0 saturated carbocycles. The first-order valence-corrected chi connectivity index (χ1v) is 14.8. The lowest BCUT2D eigenvalue weighted by atomic mass is 9.87. The Kier molecular flexibility index (Phi) is 3.92. The molecule has 11 rings (SSSR count). The molecule has 44 heavy (non-hydrogen) atoms. The summed E-state index contributed by atoms with van der Waals surface area (Å²) >= 11 is 0. The summed E-state index contributed by atoms with van der Waals surface area (Å²) in [6.45, 7) is 0. The van der Waals surface area contributed by atoms with Crippen molar-refractivity contribution in [3.63, 3.8) is 0 Å². The predicted octanol–water partition coefficient (Wildman–Crippen LogP) is 9.09. The maximum absolute atomic E-state index is 13.5. The van der Waals surface area contributed by atoms with Gasteiger partial charge in [-0.05, 0) is 30.3 Å². The van der Waals surface area contributed by atoms with E-state index < -0.39 is 0 Å². The van der Waals surface area contributed by atoms with Gasteiger partial charge in [0.2, 0.25) is 5.95 Å². The molecule has 0 fully saturated rings. The third-order valence-corrected chi connectivity index (χ3v) is 9.59. The standard InChI is InChI=1S/C39H20N4O/c44-38-24-13-2-1-12-23(24)35-33-26(38)15-9-16-29(33)40-39(41-35)43-31-18-7-4-11-22(31)28-20-27-21-10-3-6-17-30(21)42-32-19-8-5-14-25(32)34(36(27)42)37(28)43/h1-20H. The summed E-state index contributed by atoms with van der Waals surface area (Å²) in [7, 11) is 0. The van der Waals surface area contributed by atoms with Crippen molar-refractivity contribution in [2.75, 3.05) is 0 Å². The molecule has 10 aromatic rings. The van der Waals surface area contributed by atoms with Crippen molar-refractivity contribution < 1.29 is 4.79 Å². The first-order valence-electron chi connectivity index (χ1n) is 14.8. The van der Waals surface area contributed by atoms with Gasteiger partial charge in [0.05, 0.1) is 38.8 Å². The highest BCUT2D eigenvalue weighted by molar-refractivity contribution is 6.34. The van der Waals surface area contributed by atoms with E-state index in [9.17, 15) is 4.79 Å². The minimum atomic E-state index is 0.0203. The summed E-state index contributed by atoms with van der Waals surface area (Å²) in [5, 5.41) is 8.03. The summed E-state index contributed by atoms with van der Waals surface area (Å²) in [4.78, 5) is 24.0. The second kappa shape index (κ2) is 7.65. The molecule has 4 heterocycles. The van der Waals surface area contributed by atoms with Crippen molar-refractivity contribution in [3.8, 4) is 17.2 Å². The molecule has 1 aliphatic rings. The molecule has 0 aliphatic heterocycles. The van der Waals surface area contributed by atoms with E-state index in [1.165, 1.54) is 43.5 Å². The van der Waals surface area contributed by atoms with Crippen LogP contribution in [-0.4, -0.2) is 24.7 Å². The van der Waals surface area contributed by atoms with Gasteiger partial charge in [-0.2, -0.15) is 0 Å². The molecule has 0 bridgehead atoms. The molecule has 0 saturated heterocycles. The predicted molar refractivity (Wildman–Crippen MR) is 177 cm³/mol. The Morgan fingerprint density at radius 3 is 1.91 bits per heavy atom. The molecular weight excluding hydrogens is 540 g/mol. The van der Waals surface area contributed by atoms with Gasteiger partial charge in [-0.1, -0.05) is 91.0 Å². The summed E-state index contributed by atoms with van der Waals surface area (Å²) in [5.41, 5.74) is 9.50. The first-order chi connectivity index (χ1) is 21.8. The Morgan fingerprint density at radius 2 is 1.09 bits per heavy atom. The number of para-hydroxylation sites is 3. The molecule has 4 aromatic heterocycles. The van der Waals surface area contributed by atoms with Gasteiger partial charge < -0.3 is 4.40 Å². The van der Waals surface area contributed by atoms with Crippen LogP contribution in [0.1, 0.15) is 15.9 Å². The summed E-state index contributed by atoms with van der Waals surface area (Å²) in [6, 6.07) is 41.9. The molecule has 0 N–H and O–H groups in total. The Balaban J connectivity index is 1.39. The molecule has 0 spiro atoms. The van der Waals surface area contributed by atoms with Crippen molar-refractivity contribution >= 4 is 76.6 Å². The molecule has 0 radical (unpaired) electrons. The SMILES string of the molecule is O=C1c2ccccc2-c2nc(-n3c4ccccc4c4cc5c6ccccc6n6c7ccccc7c(c43)c56)nc3cccc1c23. The van der Waals surface area contributed by atoms with E-state index >= 15 is 0 Å². The van der Waals surface area contributed by atoms with Gasteiger partial charge in [-0.15, -0.1) is 0 Å². The van der Waals surface area contributed by atoms with E-state index in [0.29, 0.717) is 17.1 Å². The van der Waals surface area contributed by atoms with Gasteiger partial charge in [0.1, 0.15) is 0 Å². The highest BCUT2D eigenvalue weighted by atomic mass is 16.1. The van der Waals surface area contributed by atoms with Crippen LogP contribution in [0.4, 0.5) is 0 Å². The van der Waals surface area contributed by atoms with Gasteiger partial charge in [0.15, 0.2) is 5.78 Å². The third kappa shape index (κ3) is 2.52. The molecule has 5 heteroatoms. The van der Waals surface area contributed by atoms with Gasteiger partial charge in [0, 0.05) is 54.4 Å². The van der Waals surface area contributed by atoms with Crippen LogP contribution in [0.5, 0.6) is 0 Å². The van der Waals surface area contributed by atoms with E-state index in [0.717, 1.165) is 38.6 Å². The summed E-state index contributed by atoms with van der Waals surface area (Å²) < 4.78 is 4.65. The van der Waals surface area contributed by atoms with Crippen LogP contribution in [0, 0.1) is 0 Å². The molecule has 0 atom stereocenters. The number of hydrogen-bond donors (Lipinski definition) is 0. The highest BCUT2D eigenvalue weighted by Crippen LogP contribution is 2.46. The normalized spacial score (nSPS) is 13.0. The van der Waals surface area contributed by atoms with Crippen molar-refractivity contribution in [2.24, 2.45) is 0 Å². The fourth-order valence-electron chi connectivity index (χ4n) is 7.85. The van der Waals surface area contributed by atoms with E-state index in [1.807, 2.05) is 42.5 Å². The lowest BCUT2D eigenvalue weighted by Gasteiger charge is -2.19. The number of benzene rings is 6. The zero-order chi connectivity index (χ0) is 28.7. The largest absolute Gasteiger partial charge is 0.308 e. The molecule has 5 nitrogen and oxygen atoms in total. The minimum Gasteiger partial charge on any atom is -0.308 e. The van der Waals surface area contributed by atoms with Gasteiger partial charge >= 0.3 is 0 Å². The van der Waals surface area contributed by atoms with Crippen LogP contribution < -0.4 is 0 Å². The minimum absolute atomic E-state index is 0.0203. The van der Waals surface area contributed by atoms with Crippen LogP contribution in [-0.2, 0) is 0 Å². The molecular formula is C39H20N4O. The van der Waals surface area contributed by atoms with Crippen LogP contribution in [0.2, 0.25) is 0 Å². The van der Waals surface area contributed by atoms with Crippen molar-refractivity contribution in [2.45, 2.75) is 0 Å². The lowest BCUT2D eigenvalue weighted by Crippen LogP contribution is -2.13. The van der Waals surface area contributed by atoms with E-state index in [4.69, 9.17) is 9.97 Å². The Morgan fingerprint density at radius 1 is 0.477 bits per heavy atom. The molecule has 6 aromatic carbocycles. The molecule has 202 valence electrons. The monoisotopic (exact) mass is 560 g/mol. The van der Waals surface area contributed by atoms with Crippen LogP contribution >= 0.6 is 0 Å². The zero-order valence-corrected chi connectivity index (χ0v) is 23.2. The number of ketones is 1. The average molecular weight is 561 g/mol. The molecule has 0 amide bonds. The fraction of sp³-hybridized carbons (Fsp3) is 0. The van der Waals surface area contributed by atoms with Crippen LogP contribution in [0.3, 0.4) is 0 Å². The van der Waals surface area contributed by atoms with E-state index in [2.05, 4.69) is 87.8 Å². The van der Waals surface area contributed by atoms with Crippen LogP contribution in [0.25, 0.3) is 88.0 Å². The maximum atomic E-state index is 13.5. The molecule has 0 unspecified atom stereocenters. The Bertz CT molecular complexity index is 2910. The Hall–Kier alpha value is -6.07. The highest BCUT2D eigenvalue weighted by Gasteiger charge is 2.29.